The number of carbonyl (C=O) groups excluding carboxylic acids is 1. The molecule has 0 bridgehead atoms. The average molecular weight is 606 g/mol. The second kappa shape index (κ2) is 16.9. The Balaban J connectivity index is 0.00000213. The number of anilines is 2. The molecule has 0 spiro atoms. The zero-order chi connectivity index (χ0) is 29.5. The number of nitrogens with one attached hydrogen (secondary N) is 2. The molecule has 3 rings (SSSR count). The number of carbonyl (C=O) groups is 1. The minimum Gasteiger partial charge on any atom is -0.465 e. The van der Waals surface area contributed by atoms with Crippen LogP contribution in [-0.4, -0.2) is 29.9 Å². The summed E-state index contributed by atoms with van der Waals surface area (Å²) in [6, 6.07) is 14.5. The molecule has 0 saturated carbocycles. The Bertz CT molecular complexity index is 1360. The predicted octanol–water partition coefficient (Wildman–Crippen LogP) is 7.46. The van der Waals surface area contributed by atoms with E-state index in [9.17, 15) is 21.6 Å². The van der Waals surface area contributed by atoms with E-state index < -0.39 is 26.0 Å². The lowest BCUT2D eigenvalue weighted by Crippen LogP contribution is -2.18. The van der Waals surface area contributed by atoms with Crippen LogP contribution in [0.2, 0.25) is 10.0 Å². The van der Waals surface area contributed by atoms with Gasteiger partial charge in [0.15, 0.2) is 0 Å². The van der Waals surface area contributed by atoms with Crippen molar-refractivity contribution in [3.05, 3.63) is 82.3 Å². The molecular weight excluding hydrogens is 571 g/mol. The molecule has 38 heavy (non-hydrogen) atoms. The van der Waals surface area contributed by atoms with E-state index in [0.29, 0.717) is 10.0 Å². The van der Waals surface area contributed by atoms with Gasteiger partial charge in [-0.1, -0.05) is 64.7 Å². The van der Waals surface area contributed by atoms with E-state index in [2.05, 4.69) is 14.2 Å². The summed E-state index contributed by atoms with van der Waals surface area (Å²) in [4.78, 5) is 11.7. The Labute approximate surface area is 236 Å². The van der Waals surface area contributed by atoms with Gasteiger partial charge in [-0.25, -0.2) is 21.6 Å². The molecule has 0 aliphatic rings. The summed E-state index contributed by atoms with van der Waals surface area (Å²) in [5.74, 6) is -0.732. The highest BCUT2D eigenvalue weighted by Crippen LogP contribution is 2.29. The summed E-state index contributed by atoms with van der Waals surface area (Å²) in [7, 11) is -7.07. The van der Waals surface area contributed by atoms with Gasteiger partial charge >= 0.3 is 5.97 Å². The van der Waals surface area contributed by atoms with Crippen LogP contribution in [0.4, 0.5) is 11.4 Å². The van der Waals surface area contributed by atoms with Gasteiger partial charge in [-0.15, -0.1) is 0 Å². The van der Waals surface area contributed by atoms with E-state index in [1.165, 1.54) is 66.7 Å². The Hall–Kier alpha value is -2.79. The van der Waals surface area contributed by atoms with E-state index in [1.807, 2.05) is 41.5 Å². The molecular formula is C26H34Cl2N2O6S2. The van der Waals surface area contributed by atoms with Crippen molar-refractivity contribution in [2.75, 3.05) is 16.6 Å². The van der Waals surface area contributed by atoms with Crippen molar-refractivity contribution in [3.8, 4) is 0 Å². The quantitative estimate of drug-likeness (QED) is 0.270. The highest BCUT2D eigenvalue weighted by atomic mass is 35.5. The van der Waals surface area contributed by atoms with Crippen molar-refractivity contribution < 1.29 is 26.4 Å². The van der Waals surface area contributed by atoms with Crippen LogP contribution in [0.5, 0.6) is 0 Å². The SMILES string of the molecule is CC.CC.CC.COC(=O)c1ccc(NS(=O)(=O)c2ccc(Cl)cc2)c(NS(=O)(=O)c2ccc(Cl)cc2)c1. The van der Waals surface area contributed by atoms with Gasteiger partial charge in [-0.05, 0) is 66.7 Å². The predicted molar refractivity (Wildman–Crippen MR) is 156 cm³/mol. The number of methoxy groups -OCH3 is 1. The van der Waals surface area contributed by atoms with E-state index in [4.69, 9.17) is 23.2 Å². The van der Waals surface area contributed by atoms with Gasteiger partial charge < -0.3 is 4.74 Å². The zero-order valence-corrected chi connectivity index (χ0v) is 25.5. The van der Waals surface area contributed by atoms with Crippen molar-refractivity contribution in [2.24, 2.45) is 0 Å². The standard InChI is InChI=1S/C20H16Cl2N2O6S2.3C2H6/c1-30-20(25)13-2-11-18(23-31(26,27)16-7-3-14(21)4-8-16)19(12-13)24-32(28,29)17-9-5-15(22)6-10-17;3*1-2/h2-12,23-24H,1H3;3*1-2H3. The van der Waals surface area contributed by atoms with E-state index in [1.54, 1.807) is 0 Å². The second-order valence-electron chi connectivity index (χ2n) is 6.37. The Morgan fingerprint density at radius 2 is 1.00 bits per heavy atom. The topological polar surface area (TPSA) is 119 Å². The van der Waals surface area contributed by atoms with Crippen molar-refractivity contribution in [2.45, 2.75) is 51.3 Å². The summed E-state index contributed by atoms with van der Waals surface area (Å²) < 4.78 is 60.5. The number of ether oxygens (including phenoxy) is 1. The van der Waals surface area contributed by atoms with Crippen LogP contribution in [0, 0.1) is 0 Å². The van der Waals surface area contributed by atoms with Gasteiger partial charge in [-0.3, -0.25) is 9.44 Å². The number of rotatable bonds is 7. The highest BCUT2D eigenvalue weighted by Gasteiger charge is 2.21. The number of hydrogen-bond donors (Lipinski definition) is 2. The molecule has 8 nitrogen and oxygen atoms in total. The summed E-state index contributed by atoms with van der Waals surface area (Å²) in [6.45, 7) is 12.0. The third-order valence-electron chi connectivity index (χ3n) is 4.18. The molecule has 3 aromatic carbocycles. The van der Waals surface area contributed by atoms with Crippen LogP contribution in [0.1, 0.15) is 51.9 Å². The fourth-order valence-electron chi connectivity index (χ4n) is 2.60. The lowest BCUT2D eigenvalue weighted by Gasteiger charge is -2.16. The third kappa shape index (κ3) is 10.2. The Kier molecular flexibility index (Phi) is 15.7. The molecule has 0 amide bonds. The molecule has 12 heteroatoms. The molecule has 210 valence electrons. The van der Waals surface area contributed by atoms with Crippen LogP contribution < -0.4 is 9.44 Å². The minimum absolute atomic E-state index is 0.00995. The molecule has 2 N–H and O–H groups in total. The fourth-order valence-corrected chi connectivity index (χ4v) is 5.00. The maximum Gasteiger partial charge on any atom is 0.337 e. The number of esters is 1. The van der Waals surface area contributed by atoms with Crippen LogP contribution in [0.25, 0.3) is 0 Å². The van der Waals surface area contributed by atoms with Crippen molar-refractivity contribution in [1.82, 2.24) is 0 Å². The lowest BCUT2D eigenvalue weighted by atomic mass is 10.2. The highest BCUT2D eigenvalue weighted by molar-refractivity contribution is 7.93. The van der Waals surface area contributed by atoms with Gasteiger partial charge in [0.05, 0.1) is 33.8 Å². The number of halogens is 2. The fraction of sp³-hybridized carbons (Fsp3) is 0.269. The van der Waals surface area contributed by atoms with Crippen LogP contribution in [0.15, 0.2) is 76.5 Å². The molecule has 0 aromatic heterocycles. The summed E-state index contributed by atoms with van der Waals surface area (Å²) in [6.07, 6.45) is 0. The largest absolute Gasteiger partial charge is 0.465 e. The first-order valence-electron chi connectivity index (χ1n) is 11.8. The second-order valence-corrected chi connectivity index (χ2v) is 10.6. The van der Waals surface area contributed by atoms with E-state index in [-0.39, 0.29) is 26.7 Å². The molecule has 0 heterocycles. The Morgan fingerprint density at radius 1 is 0.632 bits per heavy atom. The van der Waals surface area contributed by atoms with Gasteiger partial charge in [0, 0.05) is 10.0 Å². The first-order chi connectivity index (χ1) is 18.0. The van der Waals surface area contributed by atoms with Crippen LogP contribution >= 0.6 is 23.2 Å². The van der Waals surface area contributed by atoms with Gasteiger partial charge in [0.1, 0.15) is 0 Å². The van der Waals surface area contributed by atoms with Crippen LogP contribution in [-0.2, 0) is 24.8 Å². The van der Waals surface area contributed by atoms with Gasteiger partial charge in [0.2, 0.25) is 0 Å². The molecule has 0 aliphatic carbocycles. The van der Waals surface area contributed by atoms with Crippen molar-refractivity contribution in [3.63, 3.8) is 0 Å². The van der Waals surface area contributed by atoms with E-state index >= 15 is 0 Å². The molecule has 3 aromatic rings. The lowest BCUT2D eigenvalue weighted by molar-refractivity contribution is 0.0600. The number of hydrogen-bond acceptors (Lipinski definition) is 6. The monoisotopic (exact) mass is 604 g/mol. The minimum atomic E-state index is -4.14. The number of sulfonamides is 2. The molecule has 0 unspecified atom stereocenters. The average Bonchev–Trinajstić information content (AvgIpc) is 2.93. The molecule has 0 saturated heterocycles. The molecule has 0 fully saturated rings. The Morgan fingerprint density at radius 3 is 1.37 bits per heavy atom. The summed E-state index contributed by atoms with van der Waals surface area (Å²) in [5.41, 5.74) is -0.277. The first kappa shape index (κ1) is 35.2. The van der Waals surface area contributed by atoms with E-state index in [0.717, 1.165) is 7.11 Å². The van der Waals surface area contributed by atoms with Crippen molar-refractivity contribution >= 4 is 60.6 Å². The zero-order valence-electron chi connectivity index (χ0n) is 22.4. The summed E-state index contributed by atoms with van der Waals surface area (Å²) in [5, 5.41) is 0.691. The molecule has 0 atom stereocenters. The van der Waals surface area contributed by atoms with Gasteiger partial charge in [-0.2, -0.15) is 0 Å². The van der Waals surface area contributed by atoms with Gasteiger partial charge in [0.25, 0.3) is 20.0 Å². The van der Waals surface area contributed by atoms with Crippen LogP contribution in [0.3, 0.4) is 0 Å². The number of benzene rings is 3. The maximum absolute atomic E-state index is 12.8. The van der Waals surface area contributed by atoms with Crippen molar-refractivity contribution in [1.29, 1.82) is 0 Å². The molecule has 0 radical (unpaired) electrons. The summed E-state index contributed by atoms with van der Waals surface area (Å²) >= 11 is 11.6. The molecule has 0 aliphatic heterocycles. The maximum atomic E-state index is 12.8. The first-order valence-corrected chi connectivity index (χ1v) is 15.5. The third-order valence-corrected chi connectivity index (χ3v) is 7.44. The smallest absolute Gasteiger partial charge is 0.337 e. The normalized spacial score (nSPS) is 10.2.